The molecule has 0 saturated carbocycles. The first-order chi connectivity index (χ1) is 36.0. The lowest BCUT2D eigenvalue weighted by Crippen LogP contribution is -2.45. The molecule has 0 aliphatic heterocycles. The standard InChI is InChI=1S/C65H117N2O6P/c1-6-8-10-12-14-16-18-20-22-24-26-28-30-31-32-33-34-35-37-38-40-42-44-46-48-50-52-54-56-58-64(68)63(62-73-74(70,71)72-61-60-67(3,4)5)66-65(69)59-57-55-53-51-49-47-45-43-41-39-36-29-27-25-23-21-19-17-15-13-11-9-7-2/h9,11,15,17,21,23,27,29,39-42,48,50,56,58,63-64,68H,6-8,10,12-14,16,18-20,22,24-26,28,30-38,43-47,49,51-55,57,59-62H2,1-5H3,(H-,66,69,70,71)/b11-9-,17-15-,23-21-,29-27-,41-39-,42-40+,50-48+,58-56+. The summed E-state index contributed by atoms with van der Waals surface area (Å²) in [7, 11) is 1.22. The van der Waals surface area contributed by atoms with Gasteiger partial charge in [-0.1, -0.05) is 259 Å². The van der Waals surface area contributed by atoms with Gasteiger partial charge in [0.2, 0.25) is 5.91 Å². The Morgan fingerprint density at radius 1 is 0.486 bits per heavy atom. The number of amides is 1. The van der Waals surface area contributed by atoms with Gasteiger partial charge in [0.05, 0.1) is 39.9 Å². The third-order valence-electron chi connectivity index (χ3n) is 13.3. The minimum Gasteiger partial charge on any atom is -0.756 e. The number of hydrogen-bond acceptors (Lipinski definition) is 6. The SMILES string of the molecule is CC/C=C\C/C=C\C/C=C\C/C=C\C/C=C\CCCCCCCCCC(=O)NC(COP(=O)([O-])OCC[N+](C)(C)C)C(O)/C=C/CC/C=C/CC/C=C/CCCCCCCCCCCCCCCCCCCCC. The monoisotopic (exact) mass is 1050 g/mol. The molecule has 1 amide bonds. The number of carbonyl (C=O) groups is 1. The van der Waals surface area contributed by atoms with Gasteiger partial charge in [0, 0.05) is 6.42 Å². The Bertz CT molecular complexity index is 1520. The minimum atomic E-state index is -4.62. The number of quaternary nitrogens is 1. The Morgan fingerprint density at radius 3 is 1.26 bits per heavy atom. The number of phosphoric acid groups is 1. The second-order valence-corrected chi connectivity index (χ2v) is 23.1. The fraction of sp³-hybridized carbons (Fsp3) is 0.738. The Balaban J connectivity index is 4.28. The van der Waals surface area contributed by atoms with Crippen molar-refractivity contribution in [3.8, 4) is 0 Å². The number of hydrogen-bond donors (Lipinski definition) is 2. The van der Waals surface area contributed by atoms with Crippen molar-refractivity contribution in [3.63, 3.8) is 0 Å². The van der Waals surface area contributed by atoms with Crippen LogP contribution < -0.4 is 10.2 Å². The Morgan fingerprint density at radius 2 is 0.838 bits per heavy atom. The van der Waals surface area contributed by atoms with Gasteiger partial charge >= 0.3 is 0 Å². The average molecular weight is 1050 g/mol. The van der Waals surface area contributed by atoms with Crippen molar-refractivity contribution in [2.24, 2.45) is 0 Å². The van der Waals surface area contributed by atoms with Crippen molar-refractivity contribution in [1.29, 1.82) is 0 Å². The summed E-state index contributed by atoms with van der Waals surface area (Å²) in [5.74, 6) is -0.225. The van der Waals surface area contributed by atoms with Crippen LogP contribution in [-0.4, -0.2) is 68.5 Å². The van der Waals surface area contributed by atoms with Crippen molar-refractivity contribution in [1.82, 2.24) is 5.32 Å². The van der Waals surface area contributed by atoms with Gasteiger partial charge in [0.15, 0.2) is 0 Å². The lowest BCUT2D eigenvalue weighted by Gasteiger charge is -2.29. The summed E-state index contributed by atoms with van der Waals surface area (Å²) >= 11 is 0. The van der Waals surface area contributed by atoms with Crippen LogP contribution in [0.25, 0.3) is 0 Å². The number of aliphatic hydroxyl groups is 1. The van der Waals surface area contributed by atoms with Crippen LogP contribution in [0.15, 0.2) is 97.2 Å². The average Bonchev–Trinajstić information content (AvgIpc) is 3.36. The largest absolute Gasteiger partial charge is 0.756 e. The normalized spacial score (nSPS) is 14.5. The molecule has 9 heteroatoms. The summed E-state index contributed by atoms with van der Waals surface area (Å²) in [5.41, 5.74) is 0. The molecule has 74 heavy (non-hydrogen) atoms. The third-order valence-corrected chi connectivity index (χ3v) is 14.2. The maximum atomic E-state index is 13.0. The van der Waals surface area contributed by atoms with Crippen LogP contribution in [-0.2, 0) is 18.4 Å². The zero-order chi connectivity index (χ0) is 54.2. The number of aliphatic hydroxyl groups excluding tert-OH is 1. The lowest BCUT2D eigenvalue weighted by atomic mass is 10.0. The van der Waals surface area contributed by atoms with Crippen molar-refractivity contribution >= 4 is 13.7 Å². The molecule has 0 saturated heterocycles. The third kappa shape index (κ3) is 57.1. The molecule has 0 aliphatic rings. The maximum Gasteiger partial charge on any atom is 0.268 e. The van der Waals surface area contributed by atoms with Gasteiger partial charge in [-0.15, -0.1) is 0 Å². The summed E-state index contributed by atoms with van der Waals surface area (Å²) in [6.07, 6.45) is 79.3. The fourth-order valence-corrected chi connectivity index (χ4v) is 9.23. The van der Waals surface area contributed by atoms with Gasteiger partial charge < -0.3 is 28.8 Å². The summed E-state index contributed by atoms with van der Waals surface area (Å²) in [5, 5.41) is 13.9. The second kappa shape index (κ2) is 55.2. The Kier molecular flexibility index (Phi) is 53.3. The zero-order valence-electron chi connectivity index (χ0n) is 48.8. The second-order valence-electron chi connectivity index (χ2n) is 21.7. The number of nitrogens with one attached hydrogen (secondary N) is 1. The Labute approximate surface area is 458 Å². The van der Waals surface area contributed by atoms with Gasteiger partial charge in [-0.25, -0.2) is 0 Å². The molecule has 0 spiro atoms. The molecule has 0 aromatic rings. The first kappa shape index (κ1) is 71.4. The number of allylic oxidation sites excluding steroid dienone is 15. The van der Waals surface area contributed by atoms with E-state index in [0.29, 0.717) is 17.4 Å². The summed E-state index contributed by atoms with van der Waals surface area (Å²) in [4.78, 5) is 25.5. The Hall–Kier alpha value is -2.58. The van der Waals surface area contributed by atoms with E-state index in [4.69, 9.17) is 9.05 Å². The molecule has 0 radical (unpaired) electrons. The van der Waals surface area contributed by atoms with Crippen LogP contribution in [0, 0.1) is 0 Å². The van der Waals surface area contributed by atoms with Crippen LogP contribution >= 0.6 is 7.82 Å². The number of rotatable bonds is 55. The fourth-order valence-electron chi connectivity index (χ4n) is 8.51. The summed E-state index contributed by atoms with van der Waals surface area (Å²) in [6.45, 7) is 4.51. The molecule has 2 N–H and O–H groups in total. The van der Waals surface area contributed by atoms with Gasteiger partial charge in [-0.2, -0.15) is 0 Å². The highest BCUT2D eigenvalue weighted by molar-refractivity contribution is 7.45. The van der Waals surface area contributed by atoms with Crippen LogP contribution in [0.1, 0.15) is 258 Å². The molecule has 0 bridgehead atoms. The molecular weight excluding hydrogens is 936 g/mol. The van der Waals surface area contributed by atoms with E-state index >= 15 is 0 Å². The summed E-state index contributed by atoms with van der Waals surface area (Å²) in [6, 6.07) is -0.924. The molecule has 0 rings (SSSR count). The van der Waals surface area contributed by atoms with E-state index in [0.717, 1.165) is 89.9 Å². The molecule has 0 aromatic carbocycles. The number of carbonyl (C=O) groups excluding carboxylic acids is 1. The number of unbranched alkanes of at least 4 members (excludes halogenated alkanes) is 28. The van der Waals surface area contributed by atoms with Gasteiger partial charge in [0.25, 0.3) is 7.82 Å². The highest BCUT2D eigenvalue weighted by Gasteiger charge is 2.23. The van der Waals surface area contributed by atoms with Gasteiger partial charge in [-0.05, 0) is 89.9 Å². The van der Waals surface area contributed by atoms with Crippen LogP contribution in [0.4, 0.5) is 0 Å². The number of likely N-dealkylation sites (N-methyl/N-ethyl adjacent to an activating group) is 1. The molecule has 0 aromatic heterocycles. The van der Waals surface area contributed by atoms with Gasteiger partial charge in [0.1, 0.15) is 13.2 Å². The van der Waals surface area contributed by atoms with E-state index in [2.05, 4.69) is 104 Å². The maximum absolute atomic E-state index is 13.0. The quantitative estimate of drug-likeness (QED) is 0.0272. The van der Waals surface area contributed by atoms with E-state index in [1.165, 1.54) is 148 Å². The predicted molar refractivity (Wildman–Crippen MR) is 320 cm³/mol. The molecule has 0 aliphatic carbocycles. The molecule has 428 valence electrons. The molecule has 3 unspecified atom stereocenters. The van der Waals surface area contributed by atoms with E-state index in [1.807, 2.05) is 27.2 Å². The predicted octanol–water partition coefficient (Wildman–Crippen LogP) is 18.4. The number of nitrogens with zero attached hydrogens (tertiary/aromatic N) is 1. The van der Waals surface area contributed by atoms with Crippen LogP contribution in [0.3, 0.4) is 0 Å². The highest BCUT2D eigenvalue weighted by Crippen LogP contribution is 2.38. The highest BCUT2D eigenvalue weighted by atomic mass is 31.2. The van der Waals surface area contributed by atoms with Gasteiger partial charge in [-0.3, -0.25) is 9.36 Å². The summed E-state index contributed by atoms with van der Waals surface area (Å²) < 4.78 is 23.3. The number of phosphoric ester groups is 1. The topological polar surface area (TPSA) is 108 Å². The van der Waals surface area contributed by atoms with E-state index < -0.39 is 26.6 Å². The van der Waals surface area contributed by atoms with Crippen LogP contribution in [0.5, 0.6) is 0 Å². The van der Waals surface area contributed by atoms with E-state index in [1.54, 1.807) is 6.08 Å². The van der Waals surface area contributed by atoms with Crippen LogP contribution in [0.2, 0.25) is 0 Å². The zero-order valence-corrected chi connectivity index (χ0v) is 49.7. The lowest BCUT2D eigenvalue weighted by molar-refractivity contribution is -0.870. The van der Waals surface area contributed by atoms with Crippen molar-refractivity contribution in [2.45, 2.75) is 270 Å². The van der Waals surface area contributed by atoms with E-state index in [-0.39, 0.29) is 12.5 Å². The molecule has 3 atom stereocenters. The molecule has 8 nitrogen and oxygen atoms in total. The van der Waals surface area contributed by atoms with Crippen molar-refractivity contribution < 1.29 is 32.9 Å². The van der Waals surface area contributed by atoms with E-state index in [9.17, 15) is 19.4 Å². The first-order valence-corrected chi connectivity index (χ1v) is 32.1. The first-order valence-electron chi connectivity index (χ1n) is 30.6. The molecule has 0 heterocycles. The smallest absolute Gasteiger partial charge is 0.268 e. The molecular formula is C65H117N2O6P. The van der Waals surface area contributed by atoms with Crippen molar-refractivity contribution in [3.05, 3.63) is 97.2 Å². The minimum absolute atomic E-state index is 0.0164. The molecule has 0 fully saturated rings. The van der Waals surface area contributed by atoms with Crippen molar-refractivity contribution in [2.75, 3.05) is 40.9 Å².